The zero-order valence-electron chi connectivity index (χ0n) is 7.19. The third kappa shape index (κ3) is 1.80. The van der Waals surface area contributed by atoms with Gasteiger partial charge in [-0.05, 0) is 25.0 Å². The van der Waals surface area contributed by atoms with Gasteiger partial charge in [0.25, 0.3) is 0 Å². The first kappa shape index (κ1) is 8.10. The lowest BCUT2D eigenvalue weighted by molar-refractivity contribution is 0.112. The minimum absolute atomic E-state index is 0.362. The number of nitrogens with two attached hydrogens (primary N) is 1. The van der Waals surface area contributed by atoms with Crippen molar-refractivity contribution in [2.75, 3.05) is 5.73 Å². The topological polar surface area (TPSA) is 52.3 Å². The Kier molecular flexibility index (Phi) is 1.93. The van der Waals surface area contributed by atoms with Gasteiger partial charge in [-0.1, -0.05) is 0 Å². The summed E-state index contributed by atoms with van der Waals surface area (Å²) >= 11 is 0. The number of carbonyl (C=O) groups excluding carboxylic acids is 1. The lowest BCUT2D eigenvalue weighted by Crippen LogP contribution is -1.98. The lowest BCUT2D eigenvalue weighted by atomic mass is 10.2. The number of hydrogen-bond acceptors (Lipinski definition) is 3. The summed E-state index contributed by atoms with van der Waals surface area (Å²) in [5.41, 5.74) is 6.61. The van der Waals surface area contributed by atoms with Gasteiger partial charge in [0.15, 0.2) is 6.29 Å². The molecule has 1 aromatic carbocycles. The van der Waals surface area contributed by atoms with Crippen LogP contribution < -0.4 is 10.5 Å². The Hall–Kier alpha value is -1.51. The third-order valence-corrected chi connectivity index (χ3v) is 2.01. The molecule has 13 heavy (non-hydrogen) atoms. The van der Waals surface area contributed by atoms with E-state index >= 15 is 0 Å². The maximum absolute atomic E-state index is 10.5. The van der Waals surface area contributed by atoms with E-state index in [0.29, 0.717) is 17.4 Å². The molecule has 0 aliphatic heterocycles. The van der Waals surface area contributed by atoms with Crippen LogP contribution in [0, 0.1) is 0 Å². The summed E-state index contributed by atoms with van der Waals surface area (Å²) in [6.07, 6.45) is 3.35. The van der Waals surface area contributed by atoms with Crippen LogP contribution in [0.3, 0.4) is 0 Å². The highest BCUT2D eigenvalue weighted by Gasteiger charge is 2.23. The van der Waals surface area contributed by atoms with Gasteiger partial charge in [-0.2, -0.15) is 0 Å². The highest BCUT2D eigenvalue weighted by atomic mass is 16.5. The summed E-state index contributed by atoms with van der Waals surface area (Å²) < 4.78 is 5.51. The quantitative estimate of drug-likeness (QED) is 0.563. The van der Waals surface area contributed by atoms with Crippen molar-refractivity contribution in [1.82, 2.24) is 0 Å². The Morgan fingerprint density at radius 3 is 2.77 bits per heavy atom. The van der Waals surface area contributed by atoms with E-state index in [4.69, 9.17) is 10.5 Å². The van der Waals surface area contributed by atoms with Crippen molar-refractivity contribution in [3.05, 3.63) is 23.8 Å². The fourth-order valence-corrected chi connectivity index (χ4v) is 1.11. The molecule has 0 saturated heterocycles. The van der Waals surface area contributed by atoms with Crippen LogP contribution in [-0.4, -0.2) is 12.4 Å². The molecular weight excluding hydrogens is 166 g/mol. The van der Waals surface area contributed by atoms with E-state index in [0.717, 1.165) is 24.9 Å². The van der Waals surface area contributed by atoms with Gasteiger partial charge in [0.05, 0.1) is 6.10 Å². The minimum atomic E-state index is 0.362. The van der Waals surface area contributed by atoms with Crippen LogP contribution in [0.5, 0.6) is 5.75 Å². The minimum Gasteiger partial charge on any atom is -0.490 e. The summed E-state index contributed by atoms with van der Waals surface area (Å²) in [6, 6.07) is 5.15. The average Bonchev–Trinajstić information content (AvgIpc) is 2.89. The number of benzene rings is 1. The summed E-state index contributed by atoms with van der Waals surface area (Å²) in [7, 11) is 0. The van der Waals surface area contributed by atoms with Crippen molar-refractivity contribution in [3.8, 4) is 5.75 Å². The molecule has 0 heterocycles. The van der Waals surface area contributed by atoms with Crippen molar-refractivity contribution in [3.63, 3.8) is 0 Å². The van der Waals surface area contributed by atoms with E-state index in [9.17, 15) is 4.79 Å². The van der Waals surface area contributed by atoms with Gasteiger partial charge in [-0.3, -0.25) is 4.79 Å². The van der Waals surface area contributed by atoms with E-state index in [1.54, 1.807) is 18.2 Å². The molecule has 3 heteroatoms. The molecule has 0 amide bonds. The average molecular weight is 177 g/mol. The maximum Gasteiger partial charge on any atom is 0.152 e. The molecule has 1 aliphatic rings. The van der Waals surface area contributed by atoms with Crippen LogP contribution in [0.15, 0.2) is 18.2 Å². The Labute approximate surface area is 76.5 Å². The second kappa shape index (κ2) is 3.09. The van der Waals surface area contributed by atoms with Gasteiger partial charge in [-0.15, -0.1) is 0 Å². The molecule has 1 aromatic rings. The molecule has 0 atom stereocenters. The molecule has 68 valence electrons. The number of hydrogen-bond donors (Lipinski definition) is 1. The van der Waals surface area contributed by atoms with Crippen molar-refractivity contribution < 1.29 is 9.53 Å². The SMILES string of the molecule is Nc1cc(OC2CC2)ccc1C=O. The standard InChI is InChI=1S/C10H11NO2/c11-10-5-9(13-8-3-4-8)2-1-7(10)6-12/h1-2,5-6,8H,3-4,11H2. The highest BCUT2D eigenvalue weighted by molar-refractivity contribution is 5.83. The first-order valence-corrected chi connectivity index (χ1v) is 4.31. The first-order valence-electron chi connectivity index (χ1n) is 4.31. The Balaban J connectivity index is 2.18. The van der Waals surface area contributed by atoms with E-state index in [1.165, 1.54) is 0 Å². The van der Waals surface area contributed by atoms with Crippen LogP contribution in [0.4, 0.5) is 5.69 Å². The van der Waals surface area contributed by atoms with Crippen LogP contribution in [-0.2, 0) is 0 Å². The fourth-order valence-electron chi connectivity index (χ4n) is 1.11. The summed E-state index contributed by atoms with van der Waals surface area (Å²) in [5.74, 6) is 0.755. The molecule has 2 N–H and O–H groups in total. The second-order valence-corrected chi connectivity index (χ2v) is 3.23. The highest BCUT2D eigenvalue weighted by Crippen LogP contribution is 2.28. The van der Waals surface area contributed by atoms with E-state index < -0.39 is 0 Å². The molecule has 1 saturated carbocycles. The van der Waals surface area contributed by atoms with Crippen LogP contribution >= 0.6 is 0 Å². The molecule has 0 spiro atoms. The lowest BCUT2D eigenvalue weighted by Gasteiger charge is -2.05. The monoisotopic (exact) mass is 177 g/mol. The largest absolute Gasteiger partial charge is 0.490 e. The van der Waals surface area contributed by atoms with E-state index in [-0.39, 0.29) is 0 Å². The van der Waals surface area contributed by atoms with E-state index in [2.05, 4.69) is 0 Å². The molecule has 0 aromatic heterocycles. The molecule has 0 unspecified atom stereocenters. The molecule has 1 aliphatic carbocycles. The van der Waals surface area contributed by atoms with Crippen molar-refractivity contribution in [1.29, 1.82) is 0 Å². The zero-order chi connectivity index (χ0) is 9.26. The Morgan fingerprint density at radius 1 is 1.46 bits per heavy atom. The third-order valence-electron chi connectivity index (χ3n) is 2.01. The second-order valence-electron chi connectivity index (χ2n) is 3.23. The number of ether oxygens (including phenoxy) is 1. The molecule has 0 radical (unpaired) electrons. The summed E-state index contributed by atoms with van der Waals surface area (Å²) in [4.78, 5) is 10.5. The predicted octanol–water partition coefficient (Wildman–Crippen LogP) is 1.62. The van der Waals surface area contributed by atoms with E-state index in [1.807, 2.05) is 0 Å². The normalized spacial score (nSPS) is 15.4. The van der Waals surface area contributed by atoms with Gasteiger partial charge in [-0.25, -0.2) is 0 Å². The van der Waals surface area contributed by atoms with Gasteiger partial charge in [0.2, 0.25) is 0 Å². The number of anilines is 1. The smallest absolute Gasteiger partial charge is 0.152 e. The maximum atomic E-state index is 10.5. The molecular formula is C10H11NO2. The number of rotatable bonds is 3. The van der Waals surface area contributed by atoms with Crippen LogP contribution in [0.1, 0.15) is 23.2 Å². The van der Waals surface area contributed by atoms with Crippen LogP contribution in [0.2, 0.25) is 0 Å². The summed E-state index contributed by atoms with van der Waals surface area (Å²) in [5, 5.41) is 0. The number of carbonyl (C=O) groups is 1. The predicted molar refractivity (Wildman–Crippen MR) is 49.9 cm³/mol. The fraction of sp³-hybridized carbons (Fsp3) is 0.300. The molecule has 0 bridgehead atoms. The Bertz CT molecular complexity index is 332. The van der Waals surface area contributed by atoms with Crippen molar-refractivity contribution >= 4 is 12.0 Å². The summed E-state index contributed by atoms with van der Waals surface area (Å²) in [6.45, 7) is 0. The van der Waals surface area contributed by atoms with Crippen LogP contribution in [0.25, 0.3) is 0 Å². The first-order chi connectivity index (χ1) is 6.29. The van der Waals surface area contributed by atoms with Crippen molar-refractivity contribution in [2.24, 2.45) is 0 Å². The van der Waals surface area contributed by atoms with Gasteiger partial charge in [0, 0.05) is 17.3 Å². The molecule has 1 fully saturated rings. The van der Waals surface area contributed by atoms with Crippen molar-refractivity contribution in [2.45, 2.75) is 18.9 Å². The van der Waals surface area contributed by atoms with Gasteiger partial charge in [0.1, 0.15) is 5.75 Å². The zero-order valence-corrected chi connectivity index (χ0v) is 7.19. The molecule has 3 nitrogen and oxygen atoms in total. The molecule has 2 rings (SSSR count). The number of aldehydes is 1. The Morgan fingerprint density at radius 2 is 2.23 bits per heavy atom. The number of nitrogen functional groups attached to an aromatic ring is 1. The van der Waals surface area contributed by atoms with Gasteiger partial charge < -0.3 is 10.5 Å². The van der Waals surface area contributed by atoms with Gasteiger partial charge >= 0.3 is 0 Å².